The highest BCUT2D eigenvalue weighted by Gasteiger charge is 2.32. The molecule has 1 aliphatic rings. The maximum Gasteiger partial charge on any atom is 0.315 e. The number of carbonyl (C=O) groups is 1. The lowest BCUT2D eigenvalue weighted by molar-refractivity contribution is 0.0251. The van der Waals surface area contributed by atoms with Crippen molar-refractivity contribution in [1.29, 1.82) is 0 Å². The Labute approximate surface area is 119 Å². The number of fused-ring (bicyclic) bond motifs is 1. The number of methoxy groups -OCH3 is 1. The Bertz CT molecular complexity index is 488. The Morgan fingerprint density at radius 3 is 2.85 bits per heavy atom. The number of aliphatic hydroxyl groups is 1. The fraction of sp³-hybridized carbons (Fsp3) is 0.533. The van der Waals surface area contributed by atoms with E-state index in [1.54, 1.807) is 7.11 Å². The van der Waals surface area contributed by atoms with Gasteiger partial charge < -0.3 is 20.5 Å². The highest BCUT2D eigenvalue weighted by molar-refractivity contribution is 5.74. The summed E-state index contributed by atoms with van der Waals surface area (Å²) in [7, 11) is 1.61. The van der Waals surface area contributed by atoms with Crippen LogP contribution in [-0.4, -0.2) is 36.5 Å². The van der Waals surface area contributed by atoms with E-state index in [-0.39, 0.29) is 12.1 Å². The lowest BCUT2D eigenvalue weighted by Gasteiger charge is -2.24. The first kappa shape index (κ1) is 14.8. The number of amides is 2. The van der Waals surface area contributed by atoms with Crippen molar-refractivity contribution in [3.63, 3.8) is 0 Å². The summed E-state index contributed by atoms with van der Waals surface area (Å²) in [4.78, 5) is 11.9. The van der Waals surface area contributed by atoms with E-state index in [0.29, 0.717) is 13.0 Å². The molecule has 0 radical (unpaired) electrons. The molecule has 2 rings (SSSR count). The van der Waals surface area contributed by atoms with Gasteiger partial charge in [-0.15, -0.1) is 0 Å². The van der Waals surface area contributed by atoms with Crippen molar-refractivity contribution >= 4 is 6.03 Å². The maximum atomic E-state index is 11.9. The molecule has 0 spiro atoms. The summed E-state index contributed by atoms with van der Waals surface area (Å²) in [5.41, 5.74) is 1.66. The number of urea groups is 1. The molecule has 0 aliphatic heterocycles. The van der Waals surface area contributed by atoms with E-state index >= 15 is 0 Å². The number of ether oxygens (including phenoxy) is 1. The van der Waals surface area contributed by atoms with E-state index in [1.165, 1.54) is 0 Å². The van der Waals surface area contributed by atoms with Crippen LogP contribution in [0.1, 0.15) is 31.0 Å². The topological polar surface area (TPSA) is 70.6 Å². The molecule has 0 heterocycles. The summed E-state index contributed by atoms with van der Waals surface area (Å²) >= 11 is 0. The van der Waals surface area contributed by atoms with Crippen LogP contribution in [0.2, 0.25) is 0 Å². The van der Waals surface area contributed by atoms with Crippen molar-refractivity contribution in [2.75, 3.05) is 13.7 Å². The molecule has 0 aromatic heterocycles. The molecule has 3 N–H and O–H groups in total. The SMILES string of the molecule is COC(C)(C)CNC(=O)N[C@@H]1c2ccccc2C[C@@H]1O. The number of hydrogen-bond donors (Lipinski definition) is 3. The van der Waals surface area contributed by atoms with Crippen LogP contribution in [0.25, 0.3) is 0 Å². The number of carbonyl (C=O) groups excluding carboxylic acids is 1. The molecule has 2 amide bonds. The Hall–Kier alpha value is -1.59. The van der Waals surface area contributed by atoms with Gasteiger partial charge in [-0.25, -0.2) is 4.79 Å². The van der Waals surface area contributed by atoms with Gasteiger partial charge in [0.15, 0.2) is 0 Å². The van der Waals surface area contributed by atoms with Gasteiger partial charge in [0.05, 0.1) is 17.7 Å². The summed E-state index contributed by atoms with van der Waals surface area (Å²) < 4.78 is 5.24. The van der Waals surface area contributed by atoms with Crippen molar-refractivity contribution in [1.82, 2.24) is 10.6 Å². The number of aliphatic hydroxyl groups excluding tert-OH is 1. The van der Waals surface area contributed by atoms with E-state index in [2.05, 4.69) is 10.6 Å². The second kappa shape index (κ2) is 5.81. The number of rotatable bonds is 4. The average molecular weight is 278 g/mol. The van der Waals surface area contributed by atoms with Gasteiger partial charge in [-0.05, 0) is 25.0 Å². The fourth-order valence-corrected chi connectivity index (χ4v) is 2.31. The zero-order chi connectivity index (χ0) is 14.8. The van der Waals surface area contributed by atoms with Crippen molar-refractivity contribution in [3.05, 3.63) is 35.4 Å². The summed E-state index contributed by atoms with van der Waals surface area (Å²) in [6.07, 6.45) is -0.00129. The summed E-state index contributed by atoms with van der Waals surface area (Å²) in [6, 6.07) is 7.13. The minimum absolute atomic E-state index is 0.295. The van der Waals surface area contributed by atoms with E-state index in [1.807, 2.05) is 38.1 Å². The van der Waals surface area contributed by atoms with E-state index in [9.17, 15) is 9.90 Å². The molecule has 0 unspecified atom stereocenters. The molecule has 0 saturated carbocycles. The van der Waals surface area contributed by atoms with Gasteiger partial charge in [-0.2, -0.15) is 0 Å². The van der Waals surface area contributed by atoms with Gasteiger partial charge >= 0.3 is 6.03 Å². The maximum absolute atomic E-state index is 11.9. The lowest BCUT2D eigenvalue weighted by atomic mass is 10.1. The molecule has 20 heavy (non-hydrogen) atoms. The lowest BCUT2D eigenvalue weighted by Crippen LogP contribution is -2.46. The second-order valence-electron chi connectivity index (χ2n) is 5.74. The van der Waals surface area contributed by atoms with Crippen LogP contribution in [0, 0.1) is 0 Å². The molecular weight excluding hydrogens is 256 g/mol. The third kappa shape index (κ3) is 3.29. The van der Waals surface area contributed by atoms with Crippen LogP contribution in [0.3, 0.4) is 0 Å². The van der Waals surface area contributed by atoms with E-state index in [0.717, 1.165) is 11.1 Å². The summed E-state index contributed by atoms with van der Waals surface area (Å²) in [6.45, 7) is 4.19. The second-order valence-corrected chi connectivity index (χ2v) is 5.74. The Balaban J connectivity index is 1.95. The summed E-state index contributed by atoms with van der Waals surface area (Å²) in [5.74, 6) is 0. The minimum Gasteiger partial charge on any atom is -0.390 e. The zero-order valence-corrected chi connectivity index (χ0v) is 12.1. The molecule has 2 atom stereocenters. The van der Waals surface area contributed by atoms with Crippen LogP contribution < -0.4 is 10.6 Å². The molecule has 0 saturated heterocycles. The number of nitrogens with one attached hydrogen (secondary N) is 2. The van der Waals surface area contributed by atoms with Crippen molar-refractivity contribution in [3.8, 4) is 0 Å². The van der Waals surface area contributed by atoms with Gasteiger partial charge in [0.1, 0.15) is 0 Å². The Kier molecular flexibility index (Phi) is 4.30. The largest absolute Gasteiger partial charge is 0.390 e. The predicted molar refractivity (Wildman–Crippen MR) is 76.5 cm³/mol. The first-order chi connectivity index (χ1) is 9.43. The van der Waals surface area contributed by atoms with Crippen molar-refractivity contribution in [2.45, 2.75) is 38.0 Å². The smallest absolute Gasteiger partial charge is 0.315 e. The molecule has 5 nitrogen and oxygen atoms in total. The minimum atomic E-state index is -0.575. The van der Waals surface area contributed by atoms with Crippen LogP contribution in [0.5, 0.6) is 0 Å². The molecule has 1 aromatic carbocycles. The fourth-order valence-electron chi connectivity index (χ4n) is 2.31. The molecular formula is C15H22N2O3. The molecule has 0 fully saturated rings. The third-order valence-corrected chi connectivity index (χ3v) is 3.72. The Morgan fingerprint density at radius 1 is 1.45 bits per heavy atom. The van der Waals surface area contributed by atoms with E-state index < -0.39 is 11.7 Å². The zero-order valence-electron chi connectivity index (χ0n) is 12.1. The summed E-state index contributed by atoms with van der Waals surface area (Å²) in [5, 5.41) is 15.7. The third-order valence-electron chi connectivity index (χ3n) is 3.72. The van der Waals surface area contributed by atoms with Crippen LogP contribution in [0.4, 0.5) is 4.79 Å². The van der Waals surface area contributed by atoms with Gasteiger partial charge in [-0.3, -0.25) is 0 Å². The van der Waals surface area contributed by atoms with Gasteiger partial charge in [0.2, 0.25) is 0 Å². The van der Waals surface area contributed by atoms with Crippen molar-refractivity contribution < 1.29 is 14.6 Å². The van der Waals surface area contributed by atoms with E-state index in [4.69, 9.17) is 4.74 Å². The molecule has 110 valence electrons. The molecule has 1 aromatic rings. The van der Waals surface area contributed by atoms with Crippen LogP contribution >= 0.6 is 0 Å². The Morgan fingerprint density at radius 2 is 2.15 bits per heavy atom. The highest BCUT2D eigenvalue weighted by atomic mass is 16.5. The van der Waals surface area contributed by atoms with Gasteiger partial charge in [0, 0.05) is 20.1 Å². The standard InChI is InChI=1S/C15H22N2O3/c1-15(2,20-3)9-16-14(19)17-13-11-7-5-4-6-10(11)8-12(13)18/h4-7,12-13,18H,8-9H2,1-3H3,(H2,16,17,19)/t12-,13+/m0/s1. The average Bonchev–Trinajstić information content (AvgIpc) is 2.73. The van der Waals surface area contributed by atoms with Crippen LogP contribution in [-0.2, 0) is 11.2 Å². The normalized spacial score (nSPS) is 21.4. The number of hydrogen-bond acceptors (Lipinski definition) is 3. The van der Waals surface area contributed by atoms with Crippen molar-refractivity contribution in [2.24, 2.45) is 0 Å². The first-order valence-electron chi connectivity index (χ1n) is 6.78. The molecule has 0 bridgehead atoms. The highest BCUT2D eigenvalue weighted by Crippen LogP contribution is 2.30. The first-order valence-corrected chi connectivity index (χ1v) is 6.78. The van der Waals surface area contributed by atoms with Crippen LogP contribution in [0.15, 0.2) is 24.3 Å². The quantitative estimate of drug-likeness (QED) is 0.779. The number of benzene rings is 1. The van der Waals surface area contributed by atoms with Gasteiger partial charge in [0.25, 0.3) is 0 Å². The monoisotopic (exact) mass is 278 g/mol. The predicted octanol–water partition coefficient (Wildman–Crippen LogP) is 1.37. The van der Waals surface area contributed by atoms with Gasteiger partial charge in [-0.1, -0.05) is 24.3 Å². The molecule has 1 aliphatic carbocycles. The molecule has 5 heteroatoms.